The van der Waals surface area contributed by atoms with Gasteiger partial charge in [0.2, 0.25) is 11.8 Å². The molecule has 0 aliphatic carbocycles. The Hall–Kier alpha value is -2.96. The van der Waals surface area contributed by atoms with E-state index in [-0.39, 0.29) is 67.5 Å². The summed E-state index contributed by atoms with van der Waals surface area (Å²) in [5.41, 5.74) is 9.66. The van der Waals surface area contributed by atoms with Gasteiger partial charge in [-0.05, 0) is 62.1 Å². The van der Waals surface area contributed by atoms with Crippen LogP contribution < -0.4 is 21.7 Å². The Kier molecular flexibility index (Phi) is 16.0. The second-order valence-electron chi connectivity index (χ2n) is 11.2. The molecule has 2 heterocycles. The first-order valence-corrected chi connectivity index (χ1v) is 19.6. The summed E-state index contributed by atoms with van der Waals surface area (Å²) < 4.78 is 0.662. The number of hydrogen-bond donors (Lipinski definition) is 4. The van der Waals surface area contributed by atoms with Gasteiger partial charge in [0.1, 0.15) is 8.64 Å². The van der Waals surface area contributed by atoms with E-state index in [1.807, 2.05) is 0 Å². The number of rotatable bonds is 14. The van der Waals surface area contributed by atoms with Crippen LogP contribution in [0.15, 0.2) is 46.2 Å². The third-order valence-corrected chi connectivity index (χ3v) is 11.6. The molecule has 4 rings (SSSR count). The second-order valence-corrected chi connectivity index (χ2v) is 16.2. The first-order chi connectivity index (χ1) is 24.8. The maximum atomic E-state index is 13.2. The molecule has 2 fully saturated rings. The van der Waals surface area contributed by atoms with E-state index in [4.69, 9.17) is 70.8 Å². The number of hydrogen-bond acceptors (Lipinski definition) is 10. The fraction of sp³-hybridized carbons (Fsp3) is 0.312. The van der Waals surface area contributed by atoms with Crippen LogP contribution in [0.25, 0.3) is 0 Å². The van der Waals surface area contributed by atoms with Crippen LogP contribution in [0.2, 0.25) is 20.1 Å². The smallest absolute Gasteiger partial charge is 0.271 e. The molecule has 2 saturated heterocycles. The van der Waals surface area contributed by atoms with Gasteiger partial charge in [0.15, 0.2) is 0 Å². The summed E-state index contributed by atoms with van der Waals surface area (Å²) in [6.45, 7) is 0.627. The van der Waals surface area contributed by atoms with Crippen molar-refractivity contribution in [1.29, 1.82) is 0 Å². The minimum Gasteiger partial charge on any atom is -0.293 e. The largest absolute Gasteiger partial charge is 0.293 e. The van der Waals surface area contributed by atoms with Gasteiger partial charge in [-0.3, -0.25) is 60.3 Å². The van der Waals surface area contributed by atoms with Gasteiger partial charge in [-0.1, -0.05) is 107 Å². The maximum Gasteiger partial charge on any atom is 0.271 e. The molecule has 4 N–H and O–H groups in total. The maximum absolute atomic E-state index is 13.2. The molecule has 52 heavy (non-hydrogen) atoms. The van der Waals surface area contributed by atoms with Crippen LogP contribution in [0.4, 0.5) is 0 Å². The molecule has 6 amide bonds. The SMILES string of the molecule is O=C(CCCCCN1C(=O)/C(=C2\SC(=S)N(CCCCCC(=O)NNC(=O)c3ccc(Cl)cc3Cl)C2=O)SC1=S)NNC(=O)c1ccc(Cl)cc1Cl. The number of halogens is 4. The van der Waals surface area contributed by atoms with Gasteiger partial charge in [0.05, 0.1) is 31.0 Å². The highest BCUT2D eigenvalue weighted by molar-refractivity contribution is 8.29. The van der Waals surface area contributed by atoms with Crippen LogP contribution in [-0.2, 0) is 19.2 Å². The Morgan fingerprint density at radius 2 is 0.962 bits per heavy atom. The van der Waals surface area contributed by atoms with E-state index < -0.39 is 11.8 Å². The quantitative estimate of drug-likeness (QED) is 0.0709. The van der Waals surface area contributed by atoms with Crippen molar-refractivity contribution in [3.63, 3.8) is 0 Å². The van der Waals surface area contributed by atoms with Crippen molar-refractivity contribution < 1.29 is 28.8 Å². The predicted molar refractivity (Wildman–Crippen MR) is 212 cm³/mol. The third-order valence-electron chi connectivity index (χ3n) is 7.46. The summed E-state index contributed by atoms with van der Waals surface area (Å²) in [6, 6.07) is 8.77. The molecule has 12 nitrogen and oxygen atoms in total. The first kappa shape index (κ1) is 41.8. The van der Waals surface area contributed by atoms with E-state index in [1.54, 1.807) is 0 Å². The molecule has 2 aliphatic heterocycles. The molecule has 0 atom stereocenters. The van der Waals surface area contributed by atoms with Crippen molar-refractivity contribution in [3.05, 3.63) is 77.4 Å². The van der Waals surface area contributed by atoms with Gasteiger partial charge < -0.3 is 0 Å². The topological polar surface area (TPSA) is 157 Å². The molecule has 2 aromatic carbocycles. The van der Waals surface area contributed by atoms with Crippen LogP contribution >= 0.6 is 94.4 Å². The van der Waals surface area contributed by atoms with Crippen molar-refractivity contribution in [2.75, 3.05) is 13.1 Å². The third kappa shape index (κ3) is 11.5. The minimum absolute atomic E-state index is 0.141. The molecule has 0 spiro atoms. The van der Waals surface area contributed by atoms with Crippen molar-refractivity contribution in [1.82, 2.24) is 31.5 Å². The summed E-state index contributed by atoms with van der Waals surface area (Å²) >= 11 is 36.7. The number of thioether (sulfide) groups is 2. The van der Waals surface area contributed by atoms with E-state index in [0.29, 0.717) is 70.3 Å². The second kappa shape index (κ2) is 19.9. The highest BCUT2D eigenvalue weighted by Crippen LogP contribution is 2.42. The lowest BCUT2D eigenvalue weighted by Gasteiger charge is -2.14. The predicted octanol–water partition coefficient (Wildman–Crippen LogP) is 6.58. The Labute approximate surface area is 338 Å². The van der Waals surface area contributed by atoms with Gasteiger partial charge in [0, 0.05) is 36.0 Å². The lowest BCUT2D eigenvalue weighted by molar-refractivity contribution is -0.124. The molecule has 0 aromatic heterocycles. The van der Waals surface area contributed by atoms with Gasteiger partial charge in [-0.2, -0.15) is 0 Å². The zero-order valence-corrected chi connectivity index (χ0v) is 33.3. The summed E-state index contributed by atoms with van der Waals surface area (Å²) in [5.74, 6) is -2.67. The number of benzene rings is 2. The van der Waals surface area contributed by atoms with Crippen molar-refractivity contribution in [2.45, 2.75) is 51.4 Å². The highest BCUT2D eigenvalue weighted by Gasteiger charge is 2.41. The van der Waals surface area contributed by atoms with E-state index in [1.165, 1.54) is 46.2 Å². The van der Waals surface area contributed by atoms with Crippen LogP contribution in [0.5, 0.6) is 0 Å². The summed E-state index contributed by atoms with van der Waals surface area (Å²) in [4.78, 5) is 78.7. The molecule has 20 heteroatoms. The number of hydrazine groups is 2. The number of unbranched alkanes of at least 4 members (excludes halogenated alkanes) is 4. The van der Waals surface area contributed by atoms with E-state index >= 15 is 0 Å². The molecule has 276 valence electrons. The van der Waals surface area contributed by atoms with E-state index in [9.17, 15) is 28.8 Å². The summed E-state index contributed by atoms with van der Waals surface area (Å²) in [5, 5.41) is 1.07. The number of thiocarbonyl (C=S) groups is 2. The number of nitrogens with one attached hydrogen (secondary N) is 4. The number of amides is 6. The van der Waals surface area contributed by atoms with Gasteiger partial charge in [-0.25, -0.2) is 0 Å². The van der Waals surface area contributed by atoms with E-state index in [2.05, 4.69) is 21.7 Å². The Morgan fingerprint density at radius 3 is 1.33 bits per heavy atom. The zero-order chi connectivity index (χ0) is 37.9. The monoisotopic (exact) mass is 862 g/mol. The van der Waals surface area contributed by atoms with Crippen molar-refractivity contribution in [3.8, 4) is 0 Å². The van der Waals surface area contributed by atoms with Gasteiger partial charge >= 0.3 is 0 Å². The average molecular weight is 865 g/mol. The molecular weight excluding hydrogens is 834 g/mol. The van der Waals surface area contributed by atoms with Crippen LogP contribution in [0.1, 0.15) is 72.1 Å². The Balaban J connectivity index is 1.13. The molecule has 0 unspecified atom stereocenters. The first-order valence-electron chi connectivity index (χ1n) is 15.7. The normalized spacial score (nSPS) is 15.7. The van der Waals surface area contributed by atoms with Gasteiger partial charge in [0.25, 0.3) is 23.6 Å². The summed E-state index contributed by atoms with van der Waals surface area (Å²) in [7, 11) is 0. The number of carbonyl (C=O) groups excluding carboxylic acids is 6. The molecule has 2 aliphatic rings. The number of carbonyl (C=O) groups is 6. The fourth-order valence-electron chi connectivity index (χ4n) is 4.78. The molecule has 0 radical (unpaired) electrons. The van der Waals surface area contributed by atoms with Crippen LogP contribution in [-0.4, -0.2) is 67.0 Å². The van der Waals surface area contributed by atoms with E-state index in [0.717, 1.165) is 23.5 Å². The van der Waals surface area contributed by atoms with Crippen molar-refractivity contribution >= 4 is 138 Å². The highest BCUT2D eigenvalue weighted by atomic mass is 35.5. The standard InChI is InChI=1S/C32H30Cl4N6O6S4/c33-17-9-11-19(21(35)15-17)27(45)39-37-23(43)7-3-1-5-13-41-29(47)25(51-31(41)49)26-30(48)42(32(50)52-26)14-6-2-4-8-24(44)38-40-28(46)20-12-10-18(34)16-22(20)36/h9-12,15-16H,1-8,13-14H2,(H,37,43)(H,38,44)(H,39,45)(H,40,46)/b26-25+. The molecule has 0 bridgehead atoms. The molecule has 2 aromatic rings. The van der Waals surface area contributed by atoms with Crippen LogP contribution in [0.3, 0.4) is 0 Å². The zero-order valence-electron chi connectivity index (χ0n) is 27.0. The molecule has 0 saturated carbocycles. The average Bonchev–Trinajstić information content (AvgIpc) is 3.53. The lowest BCUT2D eigenvalue weighted by Crippen LogP contribution is -2.41. The Bertz CT molecular complexity index is 1720. The minimum atomic E-state index is -0.578. The summed E-state index contributed by atoms with van der Waals surface area (Å²) in [6.07, 6.45) is 3.60. The van der Waals surface area contributed by atoms with Crippen molar-refractivity contribution in [2.24, 2.45) is 0 Å². The van der Waals surface area contributed by atoms with Gasteiger partial charge in [-0.15, -0.1) is 0 Å². The van der Waals surface area contributed by atoms with Crippen LogP contribution in [0, 0.1) is 0 Å². The molecular formula is C32H30Cl4N6O6S4. The lowest BCUT2D eigenvalue weighted by atomic mass is 10.2. The number of nitrogens with zero attached hydrogens (tertiary/aromatic N) is 2. The Morgan fingerprint density at radius 1 is 0.577 bits per heavy atom. The fourth-order valence-corrected chi connectivity index (χ4v) is 8.54.